The molecule has 1 saturated heterocycles. The highest BCUT2D eigenvalue weighted by Gasteiger charge is 2.31. The minimum Gasteiger partial charge on any atom is -0.344 e. The molecular formula is C26H30N6O. The van der Waals surface area contributed by atoms with Gasteiger partial charge < -0.3 is 9.88 Å². The first kappa shape index (κ1) is 21.6. The molecule has 1 saturated carbocycles. The molecule has 0 bridgehead atoms. The molecule has 0 radical (unpaired) electrons. The minimum absolute atomic E-state index is 0.0546. The molecule has 3 heterocycles. The van der Waals surface area contributed by atoms with Crippen LogP contribution in [0.15, 0.2) is 42.7 Å². The summed E-state index contributed by atoms with van der Waals surface area (Å²) < 4.78 is 0. The lowest BCUT2D eigenvalue weighted by Gasteiger charge is -2.33. The van der Waals surface area contributed by atoms with Gasteiger partial charge in [0.2, 0.25) is 5.91 Å². The number of piperidine rings is 1. The van der Waals surface area contributed by atoms with Crippen LogP contribution in [0.3, 0.4) is 0 Å². The van der Waals surface area contributed by atoms with Gasteiger partial charge in [0.15, 0.2) is 5.65 Å². The monoisotopic (exact) mass is 442 g/mol. The van der Waals surface area contributed by atoms with Crippen molar-refractivity contribution in [3.8, 4) is 6.07 Å². The number of likely N-dealkylation sites (tertiary alicyclic amines) is 1. The van der Waals surface area contributed by atoms with Crippen molar-refractivity contribution >= 4 is 17.1 Å². The molecule has 3 aromatic rings. The van der Waals surface area contributed by atoms with Gasteiger partial charge in [0, 0.05) is 42.7 Å². The van der Waals surface area contributed by atoms with Crippen molar-refractivity contribution in [2.45, 2.75) is 57.0 Å². The van der Waals surface area contributed by atoms with E-state index in [0.717, 1.165) is 40.8 Å². The molecule has 2 atom stereocenters. The second-order valence-corrected chi connectivity index (χ2v) is 9.37. The number of aromatic amines is 1. The van der Waals surface area contributed by atoms with Crippen LogP contribution in [0.1, 0.15) is 61.4 Å². The van der Waals surface area contributed by atoms with Crippen molar-refractivity contribution < 1.29 is 4.79 Å². The van der Waals surface area contributed by atoms with Gasteiger partial charge in [-0.15, -0.1) is 0 Å². The number of benzene rings is 1. The maximum Gasteiger partial charge on any atom is 0.240 e. The Balaban J connectivity index is 1.37. The largest absolute Gasteiger partial charge is 0.344 e. The Hall–Kier alpha value is -3.24. The fourth-order valence-electron chi connectivity index (χ4n) is 4.74. The van der Waals surface area contributed by atoms with Gasteiger partial charge in [0.05, 0.1) is 24.0 Å². The molecule has 2 aliphatic rings. The summed E-state index contributed by atoms with van der Waals surface area (Å²) >= 11 is 0. The van der Waals surface area contributed by atoms with Crippen molar-refractivity contribution in [2.24, 2.45) is 5.92 Å². The number of amides is 1. The second-order valence-electron chi connectivity index (χ2n) is 9.37. The molecule has 0 spiro atoms. The molecule has 2 fully saturated rings. The summed E-state index contributed by atoms with van der Waals surface area (Å²) in [6, 6.07) is 12.1. The maximum atomic E-state index is 13.6. The summed E-state index contributed by atoms with van der Waals surface area (Å²) in [4.78, 5) is 28.2. The van der Waals surface area contributed by atoms with Crippen LogP contribution in [-0.2, 0) is 11.2 Å². The van der Waals surface area contributed by atoms with E-state index in [4.69, 9.17) is 4.98 Å². The van der Waals surface area contributed by atoms with Gasteiger partial charge in [-0.1, -0.05) is 30.3 Å². The van der Waals surface area contributed by atoms with E-state index in [1.165, 1.54) is 12.8 Å². The molecule has 7 nitrogen and oxygen atoms in total. The topological polar surface area (TPSA) is 97.7 Å². The van der Waals surface area contributed by atoms with E-state index in [0.29, 0.717) is 25.4 Å². The third kappa shape index (κ3) is 4.76. The number of hydrogen-bond donors (Lipinski definition) is 2. The summed E-state index contributed by atoms with van der Waals surface area (Å²) in [5.74, 6) is 0.697. The van der Waals surface area contributed by atoms with Crippen LogP contribution in [0.2, 0.25) is 0 Å². The Kier molecular flexibility index (Phi) is 6.10. The standard InChI is InChI=1S/C26H30N6O/c1-17(21-15-28-25-24(21)31-23(16-29-25)20-7-8-20)30-22(13-18-5-3-2-4-6-18)26(33)32-11-9-19(14-27)10-12-32/h2-6,15-17,19-20,22,30H,7-13H2,1H3,(H,28,29). The highest BCUT2D eigenvalue weighted by atomic mass is 16.2. The summed E-state index contributed by atoms with van der Waals surface area (Å²) in [6.07, 6.45) is 8.32. The molecule has 5 rings (SSSR count). The number of rotatable bonds is 7. The molecule has 1 aromatic carbocycles. The molecule has 2 N–H and O–H groups in total. The van der Waals surface area contributed by atoms with Crippen molar-refractivity contribution in [2.75, 3.05) is 13.1 Å². The SMILES string of the molecule is CC(NC(Cc1ccccc1)C(=O)N1CCC(C#N)CC1)c1c[nH]c2ncc(C3CC3)nc12. The van der Waals surface area contributed by atoms with Crippen LogP contribution in [0.25, 0.3) is 11.2 Å². The van der Waals surface area contributed by atoms with E-state index >= 15 is 0 Å². The highest BCUT2D eigenvalue weighted by Crippen LogP contribution is 2.39. The normalized spacial score (nSPS) is 18.7. The summed E-state index contributed by atoms with van der Waals surface area (Å²) in [6.45, 7) is 3.37. The number of carbonyl (C=O) groups is 1. The number of H-pyrrole nitrogens is 1. The molecule has 2 unspecified atom stereocenters. The number of nitriles is 1. The molecule has 2 aromatic heterocycles. The molecule has 33 heavy (non-hydrogen) atoms. The van der Waals surface area contributed by atoms with Crippen LogP contribution in [-0.4, -0.2) is 44.9 Å². The van der Waals surface area contributed by atoms with Gasteiger partial charge in [-0.2, -0.15) is 5.26 Å². The fraction of sp³-hybridized carbons (Fsp3) is 0.462. The lowest BCUT2D eigenvalue weighted by Crippen LogP contribution is -2.50. The quantitative estimate of drug-likeness (QED) is 0.579. The van der Waals surface area contributed by atoms with Crippen LogP contribution in [0.4, 0.5) is 0 Å². The second kappa shape index (κ2) is 9.32. The number of carbonyl (C=O) groups excluding carboxylic acids is 1. The van der Waals surface area contributed by atoms with Gasteiger partial charge in [-0.3, -0.25) is 10.1 Å². The zero-order valence-electron chi connectivity index (χ0n) is 19.0. The first-order valence-corrected chi connectivity index (χ1v) is 11.9. The van der Waals surface area contributed by atoms with Crippen LogP contribution in [0.5, 0.6) is 0 Å². The Morgan fingerprint density at radius 1 is 1.24 bits per heavy atom. The molecule has 170 valence electrons. The summed E-state index contributed by atoms with van der Waals surface area (Å²) in [5, 5.41) is 12.8. The van der Waals surface area contributed by atoms with Crippen LogP contribution >= 0.6 is 0 Å². The van der Waals surface area contributed by atoms with Gasteiger partial charge in [0.25, 0.3) is 0 Å². The van der Waals surface area contributed by atoms with Gasteiger partial charge >= 0.3 is 0 Å². The van der Waals surface area contributed by atoms with Crippen LogP contribution < -0.4 is 5.32 Å². The fourth-order valence-corrected chi connectivity index (χ4v) is 4.74. The number of fused-ring (bicyclic) bond motifs is 1. The molecule has 1 aliphatic heterocycles. The number of aromatic nitrogens is 3. The van der Waals surface area contributed by atoms with Crippen molar-refractivity contribution in [3.63, 3.8) is 0 Å². The van der Waals surface area contributed by atoms with E-state index in [-0.39, 0.29) is 23.9 Å². The van der Waals surface area contributed by atoms with Crippen LogP contribution in [0, 0.1) is 17.2 Å². The first-order chi connectivity index (χ1) is 16.1. The Morgan fingerprint density at radius 2 is 2.00 bits per heavy atom. The molecule has 7 heteroatoms. The van der Waals surface area contributed by atoms with Gasteiger partial charge in [0.1, 0.15) is 5.52 Å². The number of hydrogen-bond acceptors (Lipinski definition) is 5. The first-order valence-electron chi connectivity index (χ1n) is 11.9. The molecule has 1 amide bonds. The summed E-state index contributed by atoms with van der Waals surface area (Å²) in [7, 11) is 0. The predicted octanol–water partition coefficient (Wildman–Crippen LogP) is 3.86. The lowest BCUT2D eigenvalue weighted by molar-refractivity contribution is -0.134. The predicted molar refractivity (Wildman–Crippen MR) is 126 cm³/mol. The average molecular weight is 443 g/mol. The van der Waals surface area contributed by atoms with E-state index in [9.17, 15) is 10.1 Å². The minimum atomic E-state index is -0.356. The third-order valence-corrected chi connectivity index (χ3v) is 6.91. The van der Waals surface area contributed by atoms with E-state index in [1.54, 1.807) is 0 Å². The Bertz CT molecular complexity index is 1150. The Morgan fingerprint density at radius 3 is 2.70 bits per heavy atom. The lowest BCUT2D eigenvalue weighted by atomic mass is 9.96. The smallest absolute Gasteiger partial charge is 0.240 e. The third-order valence-electron chi connectivity index (χ3n) is 6.91. The van der Waals surface area contributed by atoms with E-state index in [2.05, 4.69) is 40.4 Å². The maximum absolute atomic E-state index is 13.6. The Labute approximate surface area is 194 Å². The summed E-state index contributed by atoms with van der Waals surface area (Å²) in [5.41, 5.74) is 4.90. The molecular weight excluding hydrogens is 412 g/mol. The average Bonchev–Trinajstić information content (AvgIpc) is 3.62. The number of nitrogens with one attached hydrogen (secondary N) is 2. The van der Waals surface area contributed by atoms with Crippen molar-refractivity contribution in [1.82, 2.24) is 25.2 Å². The van der Waals surface area contributed by atoms with Gasteiger partial charge in [-0.25, -0.2) is 9.97 Å². The van der Waals surface area contributed by atoms with Gasteiger partial charge in [-0.05, 0) is 44.6 Å². The van der Waals surface area contributed by atoms with Crippen molar-refractivity contribution in [1.29, 1.82) is 5.26 Å². The van der Waals surface area contributed by atoms with Crippen molar-refractivity contribution in [3.05, 3.63) is 59.5 Å². The number of nitrogens with zero attached hydrogens (tertiary/aromatic N) is 4. The zero-order valence-corrected chi connectivity index (χ0v) is 19.0. The van der Waals surface area contributed by atoms with E-state index in [1.807, 2.05) is 35.5 Å². The highest BCUT2D eigenvalue weighted by molar-refractivity contribution is 5.83. The van der Waals surface area contributed by atoms with E-state index < -0.39 is 0 Å². The zero-order chi connectivity index (χ0) is 22.8. The molecule has 1 aliphatic carbocycles.